The van der Waals surface area contributed by atoms with Crippen LogP contribution in [0.4, 0.5) is 5.69 Å². The van der Waals surface area contributed by atoms with Gasteiger partial charge in [0.05, 0.1) is 11.8 Å². The number of carbonyl (C=O) groups is 2. The van der Waals surface area contributed by atoms with E-state index in [1.807, 2.05) is 36.4 Å². The van der Waals surface area contributed by atoms with Gasteiger partial charge >= 0.3 is 0 Å². The molecule has 3 rings (SSSR count). The van der Waals surface area contributed by atoms with E-state index in [2.05, 4.69) is 10.6 Å². The molecule has 0 bridgehead atoms. The average molecular weight is 377 g/mol. The molecule has 2 amide bonds. The van der Waals surface area contributed by atoms with Crippen molar-refractivity contribution in [1.29, 1.82) is 0 Å². The van der Waals surface area contributed by atoms with Gasteiger partial charge in [-0.3, -0.25) is 9.59 Å². The molecular formula is C19H18Cl2N2O2. The summed E-state index contributed by atoms with van der Waals surface area (Å²) in [5, 5.41) is 6.88. The van der Waals surface area contributed by atoms with Crippen molar-refractivity contribution in [2.75, 3.05) is 11.9 Å². The van der Waals surface area contributed by atoms with E-state index in [1.54, 1.807) is 12.1 Å². The summed E-state index contributed by atoms with van der Waals surface area (Å²) in [5.41, 5.74) is 1.68. The summed E-state index contributed by atoms with van der Waals surface area (Å²) in [5.74, 6) is -0.686. The molecule has 0 aromatic heterocycles. The summed E-state index contributed by atoms with van der Waals surface area (Å²) >= 11 is 12.0. The normalized spacial score (nSPS) is 18.5. The summed E-state index contributed by atoms with van der Waals surface area (Å²) in [6, 6.07) is 14.6. The highest BCUT2D eigenvalue weighted by Crippen LogP contribution is 2.39. The van der Waals surface area contributed by atoms with Crippen molar-refractivity contribution in [2.24, 2.45) is 11.8 Å². The van der Waals surface area contributed by atoms with Crippen LogP contribution in [0.2, 0.25) is 10.0 Å². The van der Waals surface area contributed by atoms with Crippen LogP contribution in [0.5, 0.6) is 0 Å². The van der Waals surface area contributed by atoms with Gasteiger partial charge in [-0.05, 0) is 42.7 Å². The molecular weight excluding hydrogens is 359 g/mol. The van der Waals surface area contributed by atoms with Gasteiger partial charge in [0.1, 0.15) is 0 Å². The van der Waals surface area contributed by atoms with Crippen molar-refractivity contribution in [3.63, 3.8) is 0 Å². The number of halogens is 2. The fourth-order valence-corrected chi connectivity index (χ4v) is 3.21. The molecule has 1 aliphatic rings. The molecule has 1 fully saturated rings. The smallest absolute Gasteiger partial charge is 0.228 e. The summed E-state index contributed by atoms with van der Waals surface area (Å²) in [6.07, 6.45) is 1.21. The number of hydrogen-bond donors (Lipinski definition) is 2. The minimum Gasteiger partial charge on any atom is -0.356 e. The number of para-hydroxylation sites is 1. The zero-order valence-electron chi connectivity index (χ0n) is 13.5. The Kier molecular flexibility index (Phi) is 5.61. The summed E-state index contributed by atoms with van der Waals surface area (Å²) in [6.45, 7) is 0.476. The van der Waals surface area contributed by atoms with E-state index in [-0.39, 0.29) is 23.7 Å². The molecule has 1 aliphatic carbocycles. The second-order valence-corrected chi connectivity index (χ2v) is 6.92. The molecule has 2 aromatic rings. The molecule has 6 heteroatoms. The van der Waals surface area contributed by atoms with Crippen molar-refractivity contribution in [3.05, 3.63) is 64.1 Å². The monoisotopic (exact) mass is 376 g/mol. The molecule has 1 saturated carbocycles. The van der Waals surface area contributed by atoms with Gasteiger partial charge in [0, 0.05) is 22.3 Å². The van der Waals surface area contributed by atoms with Gasteiger partial charge < -0.3 is 10.6 Å². The van der Waals surface area contributed by atoms with Crippen LogP contribution in [-0.4, -0.2) is 18.4 Å². The van der Waals surface area contributed by atoms with E-state index in [9.17, 15) is 9.59 Å². The zero-order chi connectivity index (χ0) is 17.8. The van der Waals surface area contributed by atoms with E-state index >= 15 is 0 Å². The molecule has 4 nitrogen and oxygen atoms in total. The van der Waals surface area contributed by atoms with Crippen molar-refractivity contribution in [2.45, 2.75) is 12.8 Å². The quantitative estimate of drug-likeness (QED) is 0.802. The lowest BCUT2D eigenvalue weighted by Gasteiger charge is -2.07. The second kappa shape index (κ2) is 7.89. The van der Waals surface area contributed by atoms with Crippen LogP contribution in [0.25, 0.3) is 0 Å². The molecule has 130 valence electrons. The SMILES string of the molecule is O=C(NCCc1ccc(Cl)cc1Cl)C1CC1C(=O)Nc1ccccc1. The minimum absolute atomic E-state index is 0.0849. The van der Waals surface area contributed by atoms with Crippen LogP contribution >= 0.6 is 23.2 Å². The Labute approximate surface area is 156 Å². The maximum Gasteiger partial charge on any atom is 0.228 e. The van der Waals surface area contributed by atoms with E-state index in [0.29, 0.717) is 29.4 Å². The van der Waals surface area contributed by atoms with Gasteiger partial charge in [-0.2, -0.15) is 0 Å². The third kappa shape index (κ3) is 4.74. The van der Waals surface area contributed by atoms with Crippen molar-refractivity contribution in [1.82, 2.24) is 5.32 Å². The first kappa shape index (κ1) is 17.8. The highest BCUT2D eigenvalue weighted by Gasteiger charge is 2.47. The molecule has 25 heavy (non-hydrogen) atoms. The number of carbonyl (C=O) groups excluding carboxylic acids is 2. The summed E-state index contributed by atoms with van der Waals surface area (Å²) in [4.78, 5) is 24.3. The van der Waals surface area contributed by atoms with Crippen molar-refractivity contribution in [3.8, 4) is 0 Å². The maximum absolute atomic E-state index is 12.2. The maximum atomic E-state index is 12.2. The van der Waals surface area contributed by atoms with Crippen LogP contribution in [0.1, 0.15) is 12.0 Å². The van der Waals surface area contributed by atoms with Gasteiger partial charge in [0.25, 0.3) is 0 Å². The highest BCUT2D eigenvalue weighted by atomic mass is 35.5. The predicted molar refractivity (Wildman–Crippen MR) is 99.8 cm³/mol. The van der Waals surface area contributed by atoms with E-state index in [1.165, 1.54) is 0 Å². The van der Waals surface area contributed by atoms with Crippen LogP contribution in [-0.2, 0) is 16.0 Å². The Balaban J connectivity index is 1.43. The fourth-order valence-electron chi connectivity index (χ4n) is 2.71. The molecule has 0 saturated heterocycles. The van der Waals surface area contributed by atoms with E-state index < -0.39 is 0 Å². The Bertz CT molecular complexity index is 780. The number of nitrogens with one attached hydrogen (secondary N) is 2. The lowest BCUT2D eigenvalue weighted by Crippen LogP contribution is -2.29. The topological polar surface area (TPSA) is 58.2 Å². The summed E-state index contributed by atoms with van der Waals surface area (Å²) in [7, 11) is 0. The number of amides is 2. The van der Waals surface area contributed by atoms with Crippen molar-refractivity contribution >= 4 is 40.7 Å². The van der Waals surface area contributed by atoms with Gasteiger partial charge in [-0.15, -0.1) is 0 Å². The number of benzene rings is 2. The average Bonchev–Trinajstić information content (AvgIpc) is 3.38. The Morgan fingerprint density at radius 2 is 1.72 bits per heavy atom. The molecule has 2 atom stereocenters. The first-order valence-corrected chi connectivity index (χ1v) is 8.88. The van der Waals surface area contributed by atoms with Gasteiger partial charge in [-0.1, -0.05) is 47.5 Å². The Morgan fingerprint density at radius 3 is 2.44 bits per heavy atom. The molecule has 0 radical (unpaired) electrons. The number of anilines is 1. The molecule has 2 aromatic carbocycles. The van der Waals surface area contributed by atoms with Crippen LogP contribution in [0.3, 0.4) is 0 Å². The van der Waals surface area contributed by atoms with E-state index in [4.69, 9.17) is 23.2 Å². The standard InChI is InChI=1S/C19H18Cl2N2O2/c20-13-7-6-12(17(21)10-13)8-9-22-18(24)15-11-16(15)19(25)23-14-4-2-1-3-5-14/h1-7,10,15-16H,8-9,11H2,(H,22,24)(H,23,25). The second-order valence-electron chi connectivity index (χ2n) is 6.08. The van der Waals surface area contributed by atoms with Gasteiger partial charge in [-0.25, -0.2) is 0 Å². The number of rotatable bonds is 6. The van der Waals surface area contributed by atoms with Crippen LogP contribution in [0, 0.1) is 11.8 Å². The molecule has 0 spiro atoms. The third-order valence-corrected chi connectivity index (χ3v) is 4.80. The predicted octanol–water partition coefficient (Wildman–Crippen LogP) is 3.93. The van der Waals surface area contributed by atoms with Crippen molar-refractivity contribution < 1.29 is 9.59 Å². The molecule has 2 N–H and O–H groups in total. The van der Waals surface area contributed by atoms with E-state index in [0.717, 1.165) is 11.3 Å². The molecule has 0 aliphatic heterocycles. The molecule has 0 heterocycles. The lowest BCUT2D eigenvalue weighted by atomic mass is 10.1. The summed E-state index contributed by atoms with van der Waals surface area (Å²) < 4.78 is 0. The highest BCUT2D eigenvalue weighted by molar-refractivity contribution is 6.35. The molecule has 2 unspecified atom stereocenters. The lowest BCUT2D eigenvalue weighted by molar-refractivity contribution is -0.125. The zero-order valence-corrected chi connectivity index (χ0v) is 15.0. The minimum atomic E-state index is -0.251. The fraction of sp³-hybridized carbons (Fsp3) is 0.263. The Hall–Kier alpha value is -2.04. The largest absolute Gasteiger partial charge is 0.356 e. The van der Waals surface area contributed by atoms with Crippen LogP contribution in [0.15, 0.2) is 48.5 Å². The Morgan fingerprint density at radius 1 is 1.00 bits per heavy atom. The van der Waals surface area contributed by atoms with Gasteiger partial charge in [0.2, 0.25) is 11.8 Å². The number of hydrogen-bond acceptors (Lipinski definition) is 2. The first-order valence-electron chi connectivity index (χ1n) is 8.12. The van der Waals surface area contributed by atoms with Gasteiger partial charge in [0.15, 0.2) is 0 Å². The van der Waals surface area contributed by atoms with Crippen LogP contribution < -0.4 is 10.6 Å². The third-order valence-electron chi connectivity index (χ3n) is 4.21. The first-order chi connectivity index (χ1) is 12.0.